The van der Waals surface area contributed by atoms with Crippen molar-refractivity contribution in [3.63, 3.8) is 0 Å². The van der Waals surface area contributed by atoms with Crippen LogP contribution in [0.1, 0.15) is 25.7 Å². The van der Waals surface area contributed by atoms with Crippen molar-refractivity contribution in [2.24, 2.45) is 5.92 Å². The fourth-order valence-corrected chi connectivity index (χ4v) is 3.15. The predicted molar refractivity (Wildman–Crippen MR) is 74.6 cm³/mol. The Morgan fingerprint density at radius 2 is 2.05 bits per heavy atom. The first kappa shape index (κ1) is 12.5. The highest BCUT2D eigenvalue weighted by molar-refractivity contribution is 5.37. The van der Waals surface area contributed by atoms with Crippen LogP contribution in [0.3, 0.4) is 0 Å². The lowest BCUT2D eigenvalue weighted by Gasteiger charge is -2.52. The van der Waals surface area contributed by atoms with Crippen LogP contribution in [0.15, 0.2) is 18.5 Å². The van der Waals surface area contributed by atoms with Crippen LogP contribution in [-0.2, 0) is 9.47 Å². The van der Waals surface area contributed by atoms with Gasteiger partial charge in [-0.2, -0.15) is 0 Å². The normalized spacial score (nSPS) is 28.4. The first-order chi connectivity index (χ1) is 9.83. The minimum absolute atomic E-state index is 0.0222. The van der Waals surface area contributed by atoms with Crippen LogP contribution in [0.4, 0.5) is 5.95 Å². The van der Waals surface area contributed by atoms with E-state index in [4.69, 9.17) is 9.47 Å². The van der Waals surface area contributed by atoms with Crippen LogP contribution < -0.4 is 4.90 Å². The highest BCUT2D eigenvalue weighted by Crippen LogP contribution is 2.37. The average Bonchev–Trinajstić information content (AvgIpc) is 3.28. The van der Waals surface area contributed by atoms with Crippen molar-refractivity contribution in [3.05, 3.63) is 18.5 Å². The molecule has 5 nitrogen and oxygen atoms in total. The minimum Gasteiger partial charge on any atom is -0.378 e. The summed E-state index contributed by atoms with van der Waals surface area (Å²) >= 11 is 0. The average molecular weight is 275 g/mol. The second kappa shape index (κ2) is 4.97. The minimum atomic E-state index is -0.0222. The number of ether oxygens (including phenoxy) is 2. The highest BCUT2D eigenvalue weighted by atomic mass is 16.5. The van der Waals surface area contributed by atoms with Crippen LogP contribution in [0.2, 0.25) is 0 Å². The maximum absolute atomic E-state index is 6.05. The fraction of sp³-hybridized carbons (Fsp3) is 0.733. The predicted octanol–water partition coefficient (Wildman–Crippen LogP) is 1.64. The van der Waals surface area contributed by atoms with Crippen LogP contribution in [0, 0.1) is 5.92 Å². The Kier molecular flexibility index (Phi) is 3.11. The molecule has 108 valence electrons. The Hall–Kier alpha value is -1.20. The third-order valence-electron chi connectivity index (χ3n) is 4.51. The van der Waals surface area contributed by atoms with Gasteiger partial charge < -0.3 is 14.4 Å². The number of aromatic nitrogens is 2. The molecule has 0 N–H and O–H groups in total. The summed E-state index contributed by atoms with van der Waals surface area (Å²) in [6.07, 6.45) is 8.72. The van der Waals surface area contributed by atoms with Crippen LogP contribution >= 0.6 is 0 Å². The number of hydrogen-bond donors (Lipinski definition) is 0. The van der Waals surface area contributed by atoms with Crippen LogP contribution in [0.25, 0.3) is 0 Å². The molecular formula is C15H21N3O2. The number of hydrogen-bond acceptors (Lipinski definition) is 5. The molecule has 4 rings (SSSR count). The van der Waals surface area contributed by atoms with Gasteiger partial charge in [-0.25, -0.2) is 9.97 Å². The number of rotatable bonds is 4. The molecule has 2 saturated heterocycles. The molecule has 3 fully saturated rings. The van der Waals surface area contributed by atoms with Gasteiger partial charge in [0.15, 0.2) is 0 Å². The van der Waals surface area contributed by atoms with Gasteiger partial charge in [0.25, 0.3) is 0 Å². The van der Waals surface area contributed by atoms with Gasteiger partial charge in [-0.3, -0.25) is 0 Å². The van der Waals surface area contributed by atoms with Gasteiger partial charge in [0.05, 0.1) is 19.2 Å². The molecule has 5 heteroatoms. The molecule has 1 aliphatic carbocycles. The van der Waals surface area contributed by atoms with Gasteiger partial charge in [-0.15, -0.1) is 0 Å². The van der Waals surface area contributed by atoms with Crippen molar-refractivity contribution in [1.82, 2.24) is 9.97 Å². The Morgan fingerprint density at radius 1 is 1.25 bits per heavy atom. The SMILES string of the molecule is c1cnc(N2CC3(CC(OCC4CC4)CCO3)C2)nc1. The van der Waals surface area contributed by atoms with E-state index >= 15 is 0 Å². The summed E-state index contributed by atoms with van der Waals surface area (Å²) in [4.78, 5) is 10.8. The molecule has 1 atom stereocenters. The lowest BCUT2D eigenvalue weighted by Crippen LogP contribution is -2.66. The van der Waals surface area contributed by atoms with Gasteiger partial charge in [0, 0.05) is 32.0 Å². The molecule has 3 heterocycles. The molecule has 1 unspecified atom stereocenters. The molecule has 0 aromatic carbocycles. The smallest absolute Gasteiger partial charge is 0.225 e. The molecule has 1 aromatic heterocycles. The number of anilines is 1. The van der Waals surface area contributed by atoms with E-state index in [1.807, 2.05) is 6.07 Å². The zero-order valence-corrected chi connectivity index (χ0v) is 11.7. The summed E-state index contributed by atoms with van der Waals surface area (Å²) in [7, 11) is 0. The summed E-state index contributed by atoms with van der Waals surface area (Å²) in [5.74, 6) is 1.65. The molecule has 1 saturated carbocycles. The zero-order chi connectivity index (χ0) is 13.4. The van der Waals surface area contributed by atoms with E-state index < -0.39 is 0 Å². The summed E-state index contributed by atoms with van der Waals surface area (Å²) in [5.41, 5.74) is -0.0222. The van der Waals surface area contributed by atoms with Crippen molar-refractivity contribution >= 4 is 5.95 Å². The first-order valence-corrected chi connectivity index (χ1v) is 7.61. The highest BCUT2D eigenvalue weighted by Gasteiger charge is 2.48. The van der Waals surface area contributed by atoms with Gasteiger partial charge in [0.1, 0.15) is 5.60 Å². The van der Waals surface area contributed by atoms with Crippen molar-refractivity contribution < 1.29 is 9.47 Å². The standard InChI is InChI=1S/C15H21N3O2/c1-5-16-14(17-6-1)18-10-15(11-18)8-13(4-7-20-15)19-9-12-2-3-12/h1,5-6,12-13H,2-4,7-11H2. The van der Waals surface area contributed by atoms with E-state index in [2.05, 4.69) is 14.9 Å². The lowest BCUT2D eigenvalue weighted by atomic mass is 9.85. The van der Waals surface area contributed by atoms with Crippen molar-refractivity contribution in [2.45, 2.75) is 37.4 Å². The first-order valence-electron chi connectivity index (χ1n) is 7.61. The third kappa shape index (κ3) is 2.52. The van der Waals surface area contributed by atoms with Gasteiger partial charge in [-0.05, 0) is 31.2 Å². The van der Waals surface area contributed by atoms with E-state index in [9.17, 15) is 0 Å². The van der Waals surface area contributed by atoms with Gasteiger partial charge >= 0.3 is 0 Å². The molecule has 0 bridgehead atoms. The second-order valence-electron chi connectivity index (χ2n) is 6.33. The summed E-state index contributed by atoms with van der Waals surface area (Å²) in [5, 5.41) is 0. The van der Waals surface area contributed by atoms with E-state index in [0.717, 1.165) is 51.0 Å². The summed E-state index contributed by atoms with van der Waals surface area (Å²) in [6, 6.07) is 1.85. The quantitative estimate of drug-likeness (QED) is 0.836. The van der Waals surface area contributed by atoms with E-state index in [0.29, 0.717) is 6.10 Å². The molecule has 0 radical (unpaired) electrons. The van der Waals surface area contributed by atoms with E-state index in [1.54, 1.807) is 12.4 Å². The molecule has 20 heavy (non-hydrogen) atoms. The Balaban J connectivity index is 1.32. The summed E-state index contributed by atoms with van der Waals surface area (Å²) < 4.78 is 12.1. The Bertz CT molecular complexity index is 457. The van der Waals surface area contributed by atoms with Gasteiger partial charge in [-0.1, -0.05) is 0 Å². The maximum Gasteiger partial charge on any atom is 0.225 e. The molecule has 0 amide bonds. The van der Waals surface area contributed by atoms with Crippen molar-refractivity contribution in [3.8, 4) is 0 Å². The summed E-state index contributed by atoms with van der Waals surface area (Å²) in [6.45, 7) is 3.55. The molecule has 2 aliphatic heterocycles. The number of nitrogens with zero attached hydrogens (tertiary/aromatic N) is 3. The topological polar surface area (TPSA) is 47.5 Å². The maximum atomic E-state index is 6.05. The van der Waals surface area contributed by atoms with Gasteiger partial charge in [0.2, 0.25) is 5.95 Å². The fourth-order valence-electron chi connectivity index (χ4n) is 3.15. The van der Waals surface area contributed by atoms with Crippen LogP contribution in [-0.4, -0.2) is 48.0 Å². The molecule has 1 aromatic rings. The molecule has 3 aliphatic rings. The monoisotopic (exact) mass is 275 g/mol. The van der Waals surface area contributed by atoms with Crippen molar-refractivity contribution in [2.75, 3.05) is 31.2 Å². The van der Waals surface area contributed by atoms with E-state index in [1.165, 1.54) is 12.8 Å². The molecular weight excluding hydrogens is 254 g/mol. The Morgan fingerprint density at radius 3 is 2.80 bits per heavy atom. The lowest BCUT2D eigenvalue weighted by molar-refractivity contribution is -0.146. The zero-order valence-electron chi connectivity index (χ0n) is 11.7. The van der Waals surface area contributed by atoms with E-state index in [-0.39, 0.29) is 5.60 Å². The molecule has 1 spiro atoms. The second-order valence-corrected chi connectivity index (χ2v) is 6.33. The van der Waals surface area contributed by atoms with Crippen molar-refractivity contribution in [1.29, 1.82) is 0 Å². The largest absolute Gasteiger partial charge is 0.378 e. The van der Waals surface area contributed by atoms with Crippen LogP contribution in [0.5, 0.6) is 0 Å². The Labute approximate surface area is 119 Å². The third-order valence-corrected chi connectivity index (χ3v) is 4.51.